The van der Waals surface area contributed by atoms with E-state index >= 15 is 0 Å². The molecule has 2 heteroatoms. The fourth-order valence-electron chi connectivity index (χ4n) is 1.16. The highest BCUT2D eigenvalue weighted by atomic mass is 16.5. The summed E-state index contributed by atoms with van der Waals surface area (Å²) in [6, 6.07) is 7.64. The van der Waals surface area contributed by atoms with Crippen molar-refractivity contribution < 1.29 is 9.53 Å². The van der Waals surface area contributed by atoms with Gasteiger partial charge in [0.25, 0.3) is 0 Å². The Bertz CT molecular complexity index is 361. The van der Waals surface area contributed by atoms with Crippen LogP contribution in [-0.4, -0.2) is 12.1 Å². The Labute approximate surface area is 90.6 Å². The Morgan fingerprint density at radius 2 is 1.80 bits per heavy atom. The molecule has 80 valence electrons. The fraction of sp³-hybridized carbons (Fsp3) is 0.308. The molecule has 0 saturated carbocycles. The van der Waals surface area contributed by atoms with Crippen LogP contribution in [0, 0.1) is 6.92 Å². The molecule has 0 atom stereocenters. The molecule has 0 amide bonds. The number of carbonyl (C=O) groups is 1. The number of ether oxygens (including phenoxy) is 1. The second-order valence-electron chi connectivity index (χ2n) is 3.80. The van der Waals surface area contributed by atoms with Gasteiger partial charge in [-0.05, 0) is 26.3 Å². The van der Waals surface area contributed by atoms with E-state index in [2.05, 4.69) is 6.58 Å². The Kier molecular flexibility index (Phi) is 3.67. The molecule has 0 fully saturated rings. The van der Waals surface area contributed by atoms with Crippen LogP contribution in [0.25, 0.3) is 5.57 Å². The predicted molar refractivity (Wildman–Crippen MR) is 61.4 cm³/mol. The number of hydrogen-bond acceptors (Lipinski definition) is 2. The molecule has 0 heterocycles. The van der Waals surface area contributed by atoms with Crippen LogP contribution >= 0.6 is 0 Å². The van der Waals surface area contributed by atoms with Crippen LogP contribution in [0.15, 0.2) is 30.8 Å². The lowest BCUT2D eigenvalue weighted by Gasteiger charge is -2.09. The van der Waals surface area contributed by atoms with Crippen LogP contribution in [-0.2, 0) is 9.53 Å². The van der Waals surface area contributed by atoms with Gasteiger partial charge < -0.3 is 4.74 Å². The smallest absolute Gasteiger partial charge is 0.338 e. The Morgan fingerprint density at radius 1 is 1.27 bits per heavy atom. The lowest BCUT2D eigenvalue weighted by atomic mass is 10.1. The average Bonchev–Trinajstić information content (AvgIpc) is 2.17. The Morgan fingerprint density at radius 3 is 2.27 bits per heavy atom. The second kappa shape index (κ2) is 4.78. The van der Waals surface area contributed by atoms with Crippen molar-refractivity contribution in [2.45, 2.75) is 26.9 Å². The van der Waals surface area contributed by atoms with Gasteiger partial charge in [0.1, 0.15) is 0 Å². The van der Waals surface area contributed by atoms with Crippen molar-refractivity contribution in [2.24, 2.45) is 0 Å². The van der Waals surface area contributed by atoms with Gasteiger partial charge in [0, 0.05) is 0 Å². The molecular formula is C13H16O2. The number of rotatable bonds is 3. The Balaban J connectivity index is 2.76. The summed E-state index contributed by atoms with van der Waals surface area (Å²) < 4.78 is 5.06. The van der Waals surface area contributed by atoms with Gasteiger partial charge in [-0.25, -0.2) is 4.79 Å². The summed E-state index contributed by atoms with van der Waals surface area (Å²) in [5.41, 5.74) is 2.37. The molecular weight excluding hydrogens is 188 g/mol. The third-order valence-corrected chi connectivity index (χ3v) is 1.99. The fourth-order valence-corrected chi connectivity index (χ4v) is 1.16. The molecule has 15 heavy (non-hydrogen) atoms. The maximum Gasteiger partial charge on any atom is 0.338 e. The summed E-state index contributed by atoms with van der Waals surface area (Å²) in [4.78, 5) is 11.5. The van der Waals surface area contributed by atoms with Gasteiger partial charge in [-0.3, -0.25) is 0 Å². The average molecular weight is 204 g/mol. The first kappa shape index (κ1) is 11.5. The van der Waals surface area contributed by atoms with Crippen molar-refractivity contribution >= 4 is 11.5 Å². The predicted octanol–water partition coefficient (Wildman–Crippen LogP) is 2.96. The topological polar surface area (TPSA) is 26.3 Å². The van der Waals surface area contributed by atoms with Crippen molar-refractivity contribution in [3.8, 4) is 0 Å². The molecule has 0 aliphatic heterocycles. The van der Waals surface area contributed by atoms with Crippen molar-refractivity contribution in [2.75, 3.05) is 0 Å². The molecule has 0 spiro atoms. The minimum atomic E-state index is -0.353. The van der Waals surface area contributed by atoms with E-state index < -0.39 is 0 Å². The number of carbonyl (C=O) groups excluding carboxylic acids is 1. The van der Waals surface area contributed by atoms with Gasteiger partial charge in [-0.1, -0.05) is 36.4 Å². The van der Waals surface area contributed by atoms with E-state index in [0.717, 1.165) is 11.1 Å². The maximum absolute atomic E-state index is 11.5. The van der Waals surface area contributed by atoms with Crippen LogP contribution in [0.5, 0.6) is 0 Å². The van der Waals surface area contributed by atoms with E-state index in [1.54, 1.807) is 0 Å². The van der Waals surface area contributed by atoms with E-state index in [9.17, 15) is 4.79 Å². The molecule has 0 unspecified atom stereocenters. The van der Waals surface area contributed by atoms with Crippen LogP contribution in [0.4, 0.5) is 0 Å². The number of esters is 1. The van der Waals surface area contributed by atoms with Gasteiger partial charge in [0.05, 0.1) is 11.7 Å². The van der Waals surface area contributed by atoms with Gasteiger partial charge in [0.15, 0.2) is 0 Å². The monoisotopic (exact) mass is 204 g/mol. The van der Waals surface area contributed by atoms with Gasteiger partial charge >= 0.3 is 5.97 Å². The highest BCUT2D eigenvalue weighted by Gasteiger charge is 2.11. The summed E-state index contributed by atoms with van der Waals surface area (Å²) in [5, 5.41) is 0. The SMILES string of the molecule is C=C(C(=O)OC(C)C)c1ccc(C)cc1. The van der Waals surface area contributed by atoms with E-state index in [1.165, 1.54) is 0 Å². The van der Waals surface area contributed by atoms with Crippen LogP contribution in [0.2, 0.25) is 0 Å². The molecule has 0 radical (unpaired) electrons. The molecule has 0 saturated heterocycles. The standard InChI is InChI=1S/C13H16O2/c1-9(2)15-13(14)11(4)12-7-5-10(3)6-8-12/h5-9H,4H2,1-3H3. The van der Waals surface area contributed by atoms with Crippen LogP contribution in [0.1, 0.15) is 25.0 Å². The number of aryl methyl sites for hydroxylation is 1. The highest BCUT2D eigenvalue weighted by molar-refractivity contribution is 6.15. The summed E-state index contributed by atoms with van der Waals surface area (Å²) in [5.74, 6) is -0.353. The zero-order chi connectivity index (χ0) is 11.4. The minimum absolute atomic E-state index is 0.111. The normalized spacial score (nSPS) is 10.1. The largest absolute Gasteiger partial charge is 0.459 e. The zero-order valence-electron chi connectivity index (χ0n) is 9.41. The molecule has 0 aromatic heterocycles. The molecule has 0 aliphatic carbocycles. The second-order valence-corrected chi connectivity index (χ2v) is 3.80. The van der Waals surface area contributed by atoms with Gasteiger partial charge in [-0.15, -0.1) is 0 Å². The summed E-state index contributed by atoms with van der Waals surface area (Å²) in [6.45, 7) is 9.37. The van der Waals surface area contributed by atoms with Crippen molar-refractivity contribution in [3.63, 3.8) is 0 Å². The van der Waals surface area contributed by atoms with E-state index in [4.69, 9.17) is 4.74 Å². The van der Waals surface area contributed by atoms with Crippen molar-refractivity contribution in [1.82, 2.24) is 0 Å². The minimum Gasteiger partial charge on any atom is -0.459 e. The van der Waals surface area contributed by atoms with E-state index in [1.807, 2.05) is 45.0 Å². The van der Waals surface area contributed by atoms with Gasteiger partial charge in [-0.2, -0.15) is 0 Å². The first-order valence-corrected chi connectivity index (χ1v) is 4.97. The van der Waals surface area contributed by atoms with E-state index in [0.29, 0.717) is 5.57 Å². The molecule has 1 aromatic rings. The Hall–Kier alpha value is -1.57. The van der Waals surface area contributed by atoms with Crippen molar-refractivity contribution in [1.29, 1.82) is 0 Å². The zero-order valence-corrected chi connectivity index (χ0v) is 9.41. The van der Waals surface area contributed by atoms with Crippen LogP contribution in [0.3, 0.4) is 0 Å². The van der Waals surface area contributed by atoms with Crippen LogP contribution < -0.4 is 0 Å². The summed E-state index contributed by atoms with van der Waals surface area (Å²) >= 11 is 0. The third kappa shape index (κ3) is 3.24. The highest BCUT2D eigenvalue weighted by Crippen LogP contribution is 2.15. The third-order valence-electron chi connectivity index (χ3n) is 1.99. The summed E-state index contributed by atoms with van der Waals surface area (Å²) in [7, 11) is 0. The quantitative estimate of drug-likeness (QED) is 0.559. The van der Waals surface area contributed by atoms with Crippen molar-refractivity contribution in [3.05, 3.63) is 42.0 Å². The first-order valence-electron chi connectivity index (χ1n) is 4.97. The molecule has 2 nitrogen and oxygen atoms in total. The molecule has 0 bridgehead atoms. The maximum atomic E-state index is 11.5. The lowest BCUT2D eigenvalue weighted by Crippen LogP contribution is -2.12. The molecule has 1 aromatic carbocycles. The van der Waals surface area contributed by atoms with E-state index in [-0.39, 0.29) is 12.1 Å². The number of hydrogen-bond donors (Lipinski definition) is 0. The molecule has 1 rings (SSSR count). The first-order chi connectivity index (χ1) is 7.00. The van der Waals surface area contributed by atoms with Gasteiger partial charge in [0.2, 0.25) is 0 Å². The number of benzene rings is 1. The molecule has 0 N–H and O–H groups in total. The summed E-state index contributed by atoms with van der Waals surface area (Å²) in [6.07, 6.45) is -0.111. The lowest BCUT2D eigenvalue weighted by molar-refractivity contribution is -0.140. The molecule has 0 aliphatic rings.